The van der Waals surface area contributed by atoms with Crippen molar-refractivity contribution >= 4 is 29.1 Å². The lowest BCUT2D eigenvalue weighted by atomic mass is 9.97. The zero-order valence-electron chi connectivity index (χ0n) is 14.6. The molecule has 0 saturated heterocycles. The van der Waals surface area contributed by atoms with Crippen LogP contribution in [0.25, 0.3) is 0 Å². The highest BCUT2D eigenvalue weighted by molar-refractivity contribution is 6.03. The topological polar surface area (TPSA) is 87.3 Å². The highest BCUT2D eigenvalue weighted by atomic mass is 16.2. The van der Waals surface area contributed by atoms with Crippen LogP contribution in [0.2, 0.25) is 0 Å². The molecule has 1 aromatic carbocycles. The van der Waals surface area contributed by atoms with Crippen molar-refractivity contribution in [2.45, 2.75) is 45.4 Å². The average Bonchev–Trinajstić information content (AvgIpc) is 2.55. The molecule has 6 nitrogen and oxygen atoms in total. The van der Waals surface area contributed by atoms with Crippen LogP contribution in [0.5, 0.6) is 0 Å². The van der Waals surface area contributed by atoms with E-state index in [2.05, 4.69) is 22.0 Å². The van der Waals surface area contributed by atoms with Crippen LogP contribution in [-0.4, -0.2) is 24.3 Å². The molecule has 0 fully saturated rings. The number of hydrogen-bond acceptors (Lipinski definition) is 3. The molecule has 1 aliphatic carbocycles. The molecule has 0 bridgehead atoms. The number of carbonyl (C=O) groups excluding carboxylic acids is 3. The number of amides is 3. The molecule has 0 atom stereocenters. The van der Waals surface area contributed by atoms with Crippen LogP contribution in [0.4, 0.5) is 11.4 Å². The van der Waals surface area contributed by atoms with Crippen molar-refractivity contribution in [1.29, 1.82) is 0 Å². The van der Waals surface area contributed by atoms with Crippen LogP contribution in [-0.2, 0) is 14.4 Å². The fourth-order valence-electron chi connectivity index (χ4n) is 2.79. The maximum absolute atomic E-state index is 12.0. The van der Waals surface area contributed by atoms with Gasteiger partial charge in [0.25, 0.3) is 0 Å². The van der Waals surface area contributed by atoms with E-state index in [-0.39, 0.29) is 24.1 Å². The summed E-state index contributed by atoms with van der Waals surface area (Å²) >= 11 is 0. The Labute approximate surface area is 148 Å². The summed E-state index contributed by atoms with van der Waals surface area (Å²) in [6, 6.07) is 6.80. The van der Waals surface area contributed by atoms with Gasteiger partial charge in [-0.3, -0.25) is 14.4 Å². The van der Waals surface area contributed by atoms with E-state index in [4.69, 9.17) is 0 Å². The second-order valence-corrected chi connectivity index (χ2v) is 6.20. The first-order chi connectivity index (χ1) is 12.0. The predicted molar refractivity (Wildman–Crippen MR) is 98.2 cm³/mol. The minimum atomic E-state index is -0.380. The molecule has 25 heavy (non-hydrogen) atoms. The lowest BCUT2D eigenvalue weighted by Crippen LogP contribution is -2.29. The van der Waals surface area contributed by atoms with Gasteiger partial charge in [0.1, 0.15) is 6.42 Å². The number of benzene rings is 1. The summed E-state index contributed by atoms with van der Waals surface area (Å²) in [5, 5.41) is 8.09. The Balaban J connectivity index is 1.72. The van der Waals surface area contributed by atoms with Gasteiger partial charge in [-0.05, 0) is 50.3 Å². The first kappa shape index (κ1) is 18.7. The minimum Gasteiger partial charge on any atom is -0.355 e. The molecule has 2 rings (SSSR count). The van der Waals surface area contributed by atoms with E-state index in [1.807, 2.05) is 0 Å². The van der Waals surface area contributed by atoms with Crippen LogP contribution in [0.15, 0.2) is 35.9 Å². The zero-order valence-corrected chi connectivity index (χ0v) is 14.6. The van der Waals surface area contributed by atoms with Gasteiger partial charge in [0.15, 0.2) is 0 Å². The van der Waals surface area contributed by atoms with Gasteiger partial charge in [-0.25, -0.2) is 0 Å². The Kier molecular flexibility index (Phi) is 7.19. The summed E-state index contributed by atoms with van der Waals surface area (Å²) in [6.45, 7) is 1.98. The number of rotatable bonds is 7. The fraction of sp³-hybridized carbons (Fsp3) is 0.421. The van der Waals surface area contributed by atoms with E-state index >= 15 is 0 Å². The smallest absolute Gasteiger partial charge is 0.233 e. The quantitative estimate of drug-likeness (QED) is 0.525. The number of carbonyl (C=O) groups is 3. The van der Waals surface area contributed by atoms with Crippen molar-refractivity contribution in [3.05, 3.63) is 35.9 Å². The summed E-state index contributed by atoms with van der Waals surface area (Å²) in [6.07, 6.45) is 7.60. The van der Waals surface area contributed by atoms with Crippen molar-refractivity contribution in [3.63, 3.8) is 0 Å². The van der Waals surface area contributed by atoms with Gasteiger partial charge in [-0.15, -0.1) is 0 Å². The Bertz CT molecular complexity index is 668. The highest BCUT2D eigenvalue weighted by Crippen LogP contribution is 2.19. The summed E-state index contributed by atoms with van der Waals surface area (Å²) in [5.41, 5.74) is 2.53. The van der Waals surface area contributed by atoms with Crippen molar-refractivity contribution in [2.75, 3.05) is 17.2 Å². The fourth-order valence-corrected chi connectivity index (χ4v) is 2.79. The number of anilines is 2. The van der Waals surface area contributed by atoms with Gasteiger partial charge in [-0.2, -0.15) is 0 Å². The highest BCUT2D eigenvalue weighted by Gasteiger charge is 2.10. The Morgan fingerprint density at radius 3 is 2.48 bits per heavy atom. The van der Waals surface area contributed by atoms with Crippen molar-refractivity contribution in [3.8, 4) is 0 Å². The summed E-state index contributed by atoms with van der Waals surface area (Å²) in [5.74, 6) is -0.850. The van der Waals surface area contributed by atoms with Crippen LogP contribution in [0.1, 0.15) is 45.4 Å². The minimum absolute atomic E-state index is 0.184. The van der Waals surface area contributed by atoms with E-state index < -0.39 is 0 Å². The molecule has 0 unspecified atom stereocenters. The van der Waals surface area contributed by atoms with Gasteiger partial charge in [-0.1, -0.05) is 17.7 Å². The molecule has 6 heteroatoms. The average molecular weight is 343 g/mol. The second kappa shape index (κ2) is 9.61. The van der Waals surface area contributed by atoms with Gasteiger partial charge in [0, 0.05) is 24.8 Å². The van der Waals surface area contributed by atoms with Crippen molar-refractivity contribution in [2.24, 2.45) is 0 Å². The maximum Gasteiger partial charge on any atom is 0.233 e. The third-order valence-corrected chi connectivity index (χ3v) is 3.94. The number of nitrogens with one attached hydrogen (secondary N) is 3. The van der Waals surface area contributed by atoms with Crippen molar-refractivity contribution < 1.29 is 14.4 Å². The molecule has 0 spiro atoms. The molecule has 0 saturated carbocycles. The largest absolute Gasteiger partial charge is 0.355 e. The molecule has 0 radical (unpaired) electrons. The molecule has 3 amide bonds. The van der Waals surface area contributed by atoms with E-state index in [0.29, 0.717) is 17.9 Å². The molecule has 3 N–H and O–H groups in total. The lowest BCUT2D eigenvalue weighted by Gasteiger charge is -2.13. The van der Waals surface area contributed by atoms with Crippen LogP contribution >= 0.6 is 0 Å². The Morgan fingerprint density at radius 2 is 1.80 bits per heavy atom. The third kappa shape index (κ3) is 7.20. The molecule has 134 valence electrons. The third-order valence-electron chi connectivity index (χ3n) is 3.94. The molecule has 1 aliphatic rings. The first-order valence-electron chi connectivity index (χ1n) is 8.65. The normalized spacial score (nSPS) is 13.6. The van der Waals surface area contributed by atoms with E-state index in [9.17, 15) is 14.4 Å². The number of hydrogen-bond donors (Lipinski definition) is 3. The molecular formula is C19H25N3O3. The molecule has 0 aliphatic heterocycles. The van der Waals surface area contributed by atoms with Crippen LogP contribution < -0.4 is 16.0 Å². The second-order valence-electron chi connectivity index (χ2n) is 6.20. The first-order valence-corrected chi connectivity index (χ1v) is 8.65. The number of allylic oxidation sites excluding steroid dienone is 1. The standard InChI is InChI=1S/C19H25N3O3/c1-14(23)21-16-8-5-9-17(12-16)22-19(25)13-18(24)20-11-10-15-6-3-2-4-7-15/h5-6,8-9,12H,2-4,7,10-11,13H2,1H3,(H,20,24)(H,21,23)(H,22,25). The predicted octanol–water partition coefficient (Wildman–Crippen LogP) is 2.98. The van der Waals surface area contributed by atoms with E-state index in [0.717, 1.165) is 19.3 Å². The lowest BCUT2D eigenvalue weighted by molar-refractivity contribution is -0.126. The summed E-state index contributed by atoms with van der Waals surface area (Å²) in [7, 11) is 0. The maximum atomic E-state index is 12.0. The monoisotopic (exact) mass is 343 g/mol. The molecular weight excluding hydrogens is 318 g/mol. The van der Waals surface area contributed by atoms with Crippen molar-refractivity contribution in [1.82, 2.24) is 5.32 Å². The van der Waals surface area contributed by atoms with Gasteiger partial charge >= 0.3 is 0 Å². The van der Waals surface area contributed by atoms with Gasteiger partial charge < -0.3 is 16.0 Å². The molecule has 1 aromatic rings. The summed E-state index contributed by atoms with van der Waals surface area (Å²) in [4.78, 5) is 34.9. The SMILES string of the molecule is CC(=O)Nc1cccc(NC(=O)CC(=O)NCCC2=CCCCC2)c1. The summed E-state index contributed by atoms with van der Waals surface area (Å²) < 4.78 is 0. The van der Waals surface area contributed by atoms with Crippen LogP contribution in [0.3, 0.4) is 0 Å². The van der Waals surface area contributed by atoms with E-state index in [1.165, 1.54) is 25.3 Å². The zero-order chi connectivity index (χ0) is 18.1. The Hall–Kier alpha value is -2.63. The molecule has 0 aromatic heterocycles. The van der Waals surface area contributed by atoms with E-state index in [1.54, 1.807) is 24.3 Å². The molecule has 0 heterocycles. The van der Waals surface area contributed by atoms with Gasteiger partial charge in [0.2, 0.25) is 17.7 Å². The van der Waals surface area contributed by atoms with Gasteiger partial charge in [0.05, 0.1) is 0 Å². The van der Waals surface area contributed by atoms with Crippen LogP contribution in [0, 0.1) is 0 Å². The Morgan fingerprint density at radius 1 is 1.04 bits per heavy atom.